The second kappa shape index (κ2) is 146. The first-order chi connectivity index (χ1) is 3.73. The van der Waals surface area contributed by atoms with Crippen LogP contribution in [0, 0.1) is 25.1 Å². The summed E-state index contributed by atoms with van der Waals surface area (Å²) in [5.41, 5.74) is 11.5. The van der Waals surface area contributed by atoms with Crippen LogP contribution in [0.5, 0.6) is 0 Å². The molecule has 0 aliphatic carbocycles. The zero-order valence-corrected chi connectivity index (χ0v) is 6.67. The van der Waals surface area contributed by atoms with E-state index in [1.54, 1.807) is 0 Å². The van der Waals surface area contributed by atoms with Gasteiger partial charge in [-0.2, -0.15) is 0 Å². The maximum Gasteiger partial charge on any atom is 2.00 e. The van der Waals surface area contributed by atoms with Crippen LogP contribution in [0.3, 0.4) is 0 Å². The van der Waals surface area contributed by atoms with E-state index in [9.17, 15) is 0 Å². The molecule has 0 heterocycles. The van der Waals surface area contributed by atoms with Gasteiger partial charge in [-0.1, -0.05) is 0 Å². The van der Waals surface area contributed by atoms with E-state index in [0.29, 0.717) is 0 Å². The van der Waals surface area contributed by atoms with Gasteiger partial charge >= 0.3 is 20.4 Å². The molecule has 10 nitrogen and oxygen atoms in total. The first-order valence-electron chi connectivity index (χ1n) is 0.913. The molecule has 0 aliphatic rings. The van der Waals surface area contributed by atoms with Gasteiger partial charge in [-0.05, 0) is 0 Å². The maximum absolute atomic E-state index is 8.25. The molecular formula is H6N5O5Pd-. The molecular weight excluding hydrogens is 256 g/mol. The standard InChI is InChI=1S/NO3.2NO.2H3N.Pd/c2-1(3)4;2*1-2;;;/h;;;2*1H3;/q3*-1;;;+2. The van der Waals surface area contributed by atoms with Crippen molar-refractivity contribution in [2.45, 2.75) is 0 Å². The van der Waals surface area contributed by atoms with E-state index < -0.39 is 5.09 Å². The summed E-state index contributed by atoms with van der Waals surface area (Å²) in [6, 6.07) is 0. The van der Waals surface area contributed by atoms with Crippen molar-refractivity contribution >= 4 is 0 Å². The minimum absolute atomic E-state index is 0. The summed E-state index contributed by atoms with van der Waals surface area (Å²) in [7, 11) is 0. The third-order valence-corrected chi connectivity index (χ3v) is 0. The van der Waals surface area contributed by atoms with Crippen LogP contribution < -0.4 is 12.3 Å². The molecule has 0 aromatic heterocycles. The van der Waals surface area contributed by atoms with E-state index in [1.165, 1.54) is 0 Å². The average molecular weight is 262 g/mol. The third kappa shape index (κ3) is 423. The van der Waals surface area contributed by atoms with Gasteiger partial charge in [0.2, 0.25) is 0 Å². The van der Waals surface area contributed by atoms with Gasteiger partial charge in [-0.25, -0.2) is 0 Å². The third-order valence-electron chi connectivity index (χ3n) is 0. The molecule has 0 radical (unpaired) electrons. The fraction of sp³-hybridized carbons (Fsp3) is 0. The summed E-state index contributed by atoms with van der Waals surface area (Å²) >= 11 is 0. The monoisotopic (exact) mass is 262 g/mol. The molecule has 72 valence electrons. The molecule has 0 bridgehead atoms. The Balaban J connectivity index is -0.00000000813. The van der Waals surface area contributed by atoms with Crippen LogP contribution in [0.1, 0.15) is 0 Å². The zero-order valence-electron chi connectivity index (χ0n) is 5.11. The topological polar surface area (TPSA) is 215 Å². The summed E-state index contributed by atoms with van der Waals surface area (Å²) in [6.07, 6.45) is 0. The fourth-order valence-corrected chi connectivity index (χ4v) is 0. The Morgan fingerprint density at radius 3 is 0.909 bits per heavy atom. The maximum atomic E-state index is 8.25. The Labute approximate surface area is 74.8 Å². The molecule has 11 heteroatoms. The molecule has 0 unspecified atom stereocenters. The van der Waals surface area contributed by atoms with Crippen LogP contribution in [0.25, 0.3) is 11.2 Å². The summed E-state index contributed by atoms with van der Waals surface area (Å²) in [5.74, 6) is 0. The van der Waals surface area contributed by atoms with Crippen LogP contribution in [0.15, 0.2) is 0 Å². The molecule has 11 heavy (non-hydrogen) atoms. The predicted octanol–water partition coefficient (Wildman–Crippen LogP) is 0.727. The Bertz CT molecular complexity index is 52.8. The number of hydrogen-bond acceptors (Lipinski definition) is 7. The van der Waals surface area contributed by atoms with E-state index in [4.69, 9.17) is 36.3 Å². The van der Waals surface area contributed by atoms with Crippen molar-refractivity contribution in [3.8, 4) is 0 Å². The van der Waals surface area contributed by atoms with Crippen molar-refractivity contribution in [2.75, 3.05) is 0 Å². The molecule has 0 atom stereocenters. The quantitative estimate of drug-likeness (QED) is 0.361. The van der Waals surface area contributed by atoms with Gasteiger partial charge in [0.05, 0.1) is 5.09 Å². The molecule has 0 aliphatic heterocycles. The van der Waals surface area contributed by atoms with Crippen molar-refractivity contribution < 1.29 is 25.5 Å². The van der Waals surface area contributed by atoms with Gasteiger partial charge in [0.25, 0.3) is 0 Å². The molecule has 0 spiro atoms. The van der Waals surface area contributed by atoms with Crippen LogP contribution in [-0.4, -0.2) is 5.09 Å². The number of nitrogens with zero attached hydrogens (tertiary/aromatic N) is 3. The van der Waals surface area contributed by atoms with Crippen LogP contribution >= 0.6 is 0 Å². The number of nitroso groups, excluding NO2 is 2. The minimum Gasteiger partial charge on any atom is -0.577 e. The largest absolute Gasteiger partial charge is 2.00 e. The first kappa shape index (κ1) is 50.8. The molecule has 0 saturated heterocycles. The SMILES string of the molecule is N.N.O=[N+]([O-])[O-].[N-]=O.[N-]=O.[Pd+2]. The normalized spacial score (nSPS) is 2.91. The number of hydrogen-bond donors (Lipinski definition) is 2. The van der Waals surface area contributed by atoms with Crippen molar-refractivity contribution in [3.05, 3.63) is 36.3 Å². The summed E-state index contributed by atoms with van der Waals surface area (Å²) in [6.45, 7) is 0. The second-order valence-electron chi connectivity index (χ2n) is 0.224. The first-order valence-corrected chi connectivity index (χ1v) is 0.913. The van der Waals surface area contributed by atoms with Crippen molar-refractivity contribution in [2.24, 2.45) is 0 Å². The van der Waals surface area contributed by atoms with Crippen molar-refractivity contribution in [1.29, 1.82) is 0 Å². The Kier molecular flexibility index (Phi) is 672. The molecule has 6 N–H and O–H groups in total. The van der Waals surface area contributed by atoms with Gasteiger partial charge in [0.15, 0.2) is 0 Å². The smallest absolute Gasteiger partial charge is 0.577 e. The fourth-order valence-electron chi connectivity index (χ4n) is 0. The molecule has 0 saturated carbocycles. The van der Waals surface area contributed by atoms with Crippen LogP contribution in [0.2, 0.25) is 0 Å². The molecule has 0 amide bonds. The van der Waals surface area contributed by atoms with E-state index in [2.05, 4.69) is 0 Å². The van der Waals surface area contributed by atoms with Gasteiger partial charge in [-0.3, -0.25) is 0 Å². The van der Waals surface area contributed by atoms with Gasteiger partial charge in [0.1, 0.15) is 0 Å². The van der Waals surface area contributed by atoms with E-state index in [0.717, 1.165) is 0 Å². The van der Waals surface area contributed by atoms with E-state index in [-0.39, 0.29) is 32.7 Å². The molecule has 0 aromatic carbocycles. The van der Waals surface area contributed by atoms with Crippen LogP contribution in [-0.2, 0) is 20.4 Å². The molecule has 0 fully saturated rings. The Morgan fingerprint density at radius 1 is 0.909 bits per heavy atom. The molecule has 0 rings (SSSR count). The van der Waals surface area contributed by atoms with Gasteiger partial charge < -0.3 is 48.6 Å². The summed E-state index contributed by atoms with van der Waals surface area (Å²) in [4.78, 5) is 22.8. The van der Waals surface area contributed by atoms with Crippen molar-refractivity contribution in [3.63, 3.8) is 0 Å². The van der Waals surface area contributed by atoms with E-state index >= 15 is 0 Å². The summed E-state index contributed by atoms with van der Waals surface area (Å²) in [5, 5.41) is 14.8. The Morgan fingerprint density at radius 2 is 0.909 bits per heavy atom. The van der Waals surface area contributed by atoms with Gasteiger partial charge in [0, 0.05) is 0 Å². The van der Waals surface area contributed by atoms with E-state index in [1.807, 2.05) is 0 Å². The number of rotatable bonds is 0. The Hall–Kier alpha value is -1.02. The van der Waals surface area contributed by atoms with Crippen LogP contribution in [0.4, 0.5) is 0 Å². The second-order valence-corrected chi connectivity index (χ2v) is 0.224. The molecule has 0 aromatic rings. The zero-order chi connectivity index (χ0) is 7.58. The average Bonchev–Trinajstić information content (AvgIpc) is 1.75. The predicted molar refractivity (Wildman–Crippen MR) is 33.9 cm³/mol. The van der Waals surface area contributed by atoms with Gasteiger partial charge in [-0.15, -0.1) is 0 Å². The summed E-state index contributed by atoms with van der Waals surface area (Å²) < 4.78 is 0. The van der Waals surface area contributed by atoms with Crippen molar-refractivity contribution in [1.82, 2.24) is 12.3 Å². The minimum atomic E-state index is -1.75.